The zero-order valence-corrected chi connectivity index (χ0v) is 17.4. The van der Waals surface area contributed by atoms with Gasteiger partial charge in [-0.3, -0.25) is 9.59 Å². The lowest BCUT2D eigenvalue weighted by Crippen LogP contribution is -2.49. The van der Waals surface area contributed by atoms with Crippen LogP contribution in [0.2, 0.25) is 18.1 Å². The fourth-order valence-corrected chi connectivity index (χ4v) is 3.11. The molecule has 1 rings (SSSR count). The number of Topliss-reactive ketones (excluding diaryl/α,β-unsaturated/α-hetero) is 1. The summed E-state index contributed by atoms with van der Waals surface area (Å²) in [5, 5.41) is 1.85. The fraction of sp³-hybridized carbons (Fsp3) is 0.579. The van der Waals surface area contributed by atoms with Crippen LogP contribution in [0.1, 0.15) is 44.0 Å². The van der Waals surface area contributed by atoms with Gasteiger partial charge in [-0.1, -0.05) is 51.1 Å². The maximum absolute atomic E-state index is 12.6. The van der Waals surface area contributed by atoms with E-state index in [1.165, 1.54) is 0 Å². The molecule has 0 heterocycles. The molecule has 8 heteroatoms. The molecule has 0 radical (unpaired) electrons. The van der Waals surface area contributed by atoms with E-state index in [0.29, 0.717) is 5.56 Å². The number of nitrogens with one attached hydrogen (secondary N) is 1. The number of halogens is 3. The van der Waals surface area contributed by atoms with Crippen molar-refractivity contribution in [2.45, 2.75) is 64.0 Å². The van der Waals surface area contributed by atoms with E-state index in [1.807, 2.05) is 39.2 Å². The summed E-state index contributed by atoms with van der Waals surface area (Å²) in [4.78, 5) is 23.6. The third-order valence-electron chi connectivity index (χ3n) is 4.86. The fourth-order valence-electron chi connectivity index (χ4n) is 2.06. The molecular formula is C19H28F3NO3Si. The molecule has 1 aromatic rings. The van der Waals surface area contributed by atoms with Crippen LogP contribution >= 0.6 is 0 Å². The maximum Gasteiger partial charge on any atom is 0.471 e. The lowest BCUT2D eigenvalue weighted by Gasteiger charge is -2.37. The second kappa shape index (κ2) is 9.01. The molecule has 1 N–H and O–H groups in total. The smallest absolute Gasteiger partial charge is 0.415 e. The van der Waals surface area contributed by atoms with Crippen LogP contribution in [0.3, 0.4) is 0 Å². The summed E-state index contributed by atoms with van der Waals surface area (Å²) in [6.07, 6.45) is -4.88. The van der Waals surface area contributed by atoms with Crippen molar-refractivity contribution in [2.75, 3.05) is 6.61 Å². The Hall–Kier alpha value is -1.67. The lowest BCUT2D eigenvalue weighted by atomic mass is 10.0. The van der Waals surface area contributed by atoms with Gasteiger partial charge in [0.15, 0.2) is 14.1 Å². The van der Waals surface area contributed by atoms with Gasteiger partial charge >= 0.3 is 12.1 Å². The third kappa shape index (κ3) is 7.46. The van der Waals surface area contributed by atoms with Gasteiger partial charge in [-0.25, -0.2) is 0 Å². The summed E-state index contributed by atoms with van der Waals surface area (Å²) in [5.74, 6) is -2.20. The summed E-state index contributed by atoms with van der Waals surface area (Å²) < 4.78 is 43.8. The standard InChI is InChI=1S/C19H28F3NO3Si/c1-18(2,3)27(4,5)26-13-15(23-17(25)19(20,21)22)11-12-16(24)14-9-7-6-8-10-14/h6-10,15H,11-13H2,1-5H3,(H,23,25). The molecule has 0 spiro atoms. The van der Waals surface area contributed by atoms with E-state index in [0.717, 1.165) is 0 Å². The Balaban J connectivity index is 2.79. The highest BCUT2D eigenvalue weighted by molar-refractivity contribution is 6.74. The second-order valence-corrected chi connectivity index (χ2v) is 12.9. The van der Waals surface area contributed by atoms with Gasteiger partial charge in [-0.15, -0.1) is 0 Å². The highest BCUT2D eigenvalue weighted by atomic mass is 28.4. The van der Waals surface area contributed by atoms with Gasteiger partial charge < -0.3 is 9.74 Å². The molecule has 0 aliphatic heterocycles. The number of benzene rings is 1. The van der Waals surface area contributed by atoms with Crippen LogP contribution in [-0.4, -0.2) is 38.8 Å². The predicted molar refractivity (Wildman–Crippen MR) is 101 cm³/mol. The number of amides is 1. The van der Waals surface area contributed by atoms with E-state index in [1.54, 1.807) is 30.3 Å². The molecule has 0 aromatic heterocycles. The van der Waals surface area contributed by atoms with Crippen LogP contribution in [0.15, 0.2) is 30.3 Å². The highest BCUT2D eigenvalue weighted by Gasteiger charge is 2.41. The first-order valence-electron chi connectivity index (χ1n) is 8.84. The lowest BCUT2D eigenvalue weighted by molar-refractivity contribution is -0.174. The van der Waals surface area contributed by atoms with E-state index in [9.17, 15) is 22.8 Å². The molecule has 1 atom stereocenters. The topological polar surface area (TPSA) is 55.4 Å². The van der Waals surface area contributed by atoms with Crippen molar-refractivity contribution in [2.24, 2.45) is 0 Å². The molecule has 152 valence electrons. The molecule has 1 aromatic carbocycles. The predicted octanol–water partition coefficient (Wildman–Crippen LogP) is 4.72. The number of ketones is 1. The maximum atomic E-state index is 12.6. The summed E-state index contributed by atoms with van der Waals surface area (Å²) in [7, 11) is -2.20. The van der Waals surface area contributed by atoms with Gasteiger partial charge in [0.25, 0.3) is 0 Å². The van der Waals surface area contributed by atoms with Crippen LogP contribution in [0.4, 0.5) is 13.2 Å². The first-order chi connectivity index (χ1) is 12.2. The molecule has 0 aliphatic carbocycles. The minimum absolute atomic E-state index is 0.0215. The SMILES string of the molecule is CC(C)(C)[Si](C)(C)OCC(CCC(=O)c1ccccc1)NC(=O)C(F)(F)F. The summed E-state index contributed by atoms with van der Waals surface area (Å²) >= 11 is 0. The van der Waals surface area contributed by atoms with Crippen molar-refractivity contribution < 1.29 is 27.2 Å². The Morgan fingerprint density at radius 3 is 2.15 bits per heavy atom. The Morgan fingerprint density at radius 2 is 1.67 bits per heavy atom. The Kier molecular flexibility index (Phi) is 7.80. The average molecular weight is 404 g/mol. The van der Waals surface area contributed by atoms with Gasteiger partial charge in [0.05, 0.1) is 12.6 Å². The molecule has 0 saturated heterocycles. The Morgan fingerprint density at radius 1 is 1.11 bits per heavy atom. The molecule has 1 amide bonds. The normalized spacial score (nSPS) is 13.9. The van der Waals surface area contributed by atoms with Crippen molar-refractivity contribution in [1.82, 2.24) is 5.32 Å². The molecule has 0 bridgehead atoms. The number of hydrogen-bond acceptors (Lipinski definition) is 3. The van der Waals surface area contributed by atoms with E-state index < -0.39 is 26.4 Å². The summed E-state index contributed by atoms with van der Waals surface area (Å²) in [6, 6.07) is 7.62. The van der Waals surface area contributed by atoms with Gasteiger partial charge in [0.2, 0.25) is 0 Å². The second-order valence-electron chi connectivity index (χ2n) is 8.07. The number of rotatable bonds is 8. The monoisotopic (exact) mass is 403 g/mol. The quantitative estimate of drug-likeness (QED) is 0.505. The molecule has 0 saturated carbocycles. The van der Waals surface area contributed by atoms with Crippen molar-refractivity contribution in [1.29, 1.82) is 0 Å². The number of carbonyl (C=O) groups is 2. The van der Waals surface area contributed by atoms with Crippen molar-refractivity contribution in [3.8, 4) is 0 Å². The van der Waals surface area contributed by atoms with E-state index in [2.05, 4.69) is 0 Å². The molecule has 27 heavy (non-hydrogen) atoms. The van der Waals surface area contributed by atoms with Crippen LogP contribution in [0, 0.1) is 0 Å². The van der Waals surface area contributed by atoms with Crippen LogP contribution < -0.4 is 5.32 Å². The average Bonchev–Trinajstić information content (AvgIpc) is 2.55. The van der Waals surface area contributed by atoms with Crippen molar-refractivity contribution >= 4 is 20.0 Å². The number of hydrogen-bond donors (Lipinski definition) is 1. The summed E-state index contributed by atoms with van der Waals surface area (Å²) in [5.41, 5.74) is 0.490. The molecule has 0 fully saturated rings. The molecule has 4 nitrogen and oxygen atoms in total. The molecular weight excluding hydrogens is 375 g/mol. The zero-order valence-electron chi connectivity index (χ0n) is 16.4. The van der Waals surface area contributed by atoms with Crippen LogP contribution in [0.5, 0.6) is 0 Å². The van der Waals surface area contributed by atoms with Gasteiger partial charge in [-0.2, -0.15) is 13.2 Å². The highest BCUT2D eigenvalue weighted by Crippen LogP contribution is 2.36. The van der Waals surface area contributed by atoms with E-state index in [4.69, 9.17) is 4.43 Å². The van der Waals surface area contributed by atoms with Crippen LogP contribution in [0.25, 0.3) is 0 Å². The Labute approximate surface area is 159 Å². The van der Waals surface area contributed by atoms with Crippen molar-refractivity contribution in [3.05, 3.63) is 35.9 Å². The zero-order chi connectivity index (χ0) is 20.9. The molecule has 0 aliphatic rings. The molecule has 1 unspecified atom stereocenters. The minimum atomic E-state index is -4.97. The number of alkyl halides is 3. The Bertz CT molecular complexity index is 640. The van der Waals surface area contributed by atoms with Gasteiger partial charge in [0.1, 0.15) is 0 Å². The van der Waals surface area contributed by atoms with Gasteiger partial charge in [-0.05, 0) is 24.6 Å². The van der Waals surface area contributed by atoms with Crippen molar-refractivity contribution in [3.63, 3.8) is 0 Å². The van der Waals surface area contributed by atoms with Gasteiger partial charge in [0, 0.05) is 12.0 Å². The summed E-state index contributed by atoms with van der Waals surface area (Å²) in [6.45, 7) is 9.94. The first-order valence-corrected chi connectivity index (χ1v) is 11.7. The number of carbonyl (C=O) groups excluding carboxylic acids is 2. The third-order valence-corrected chi connectivity index (χ3v) is 9.36. The van der Waals surface area contributed by atoms with E-state index in [-0.39, 0.29) is 30.3 Å². The minimum Gasteiger partial charge on any atom is -0.415 e. The van der Waals surface area contributed by atoms with E-state index >= 15 is 0 Å². The van der Waals surface area contributed by atoms with Crippen LogP contribution in [-0.2, 0) is 9.22 Å². The first kappa shape index (κ1) is 23.4. The largest absolute Gasteiger partial charge is 0.471 e.